The lowest BCUT2D eigenvalue weighted by atomic mass is 10.00. The Morgan fingerprint density at radius 1 is 0.841 bits per heavy atom. The van der Waals surface area contributed by atoms with E-state index in [0.717, 1.165) is 16.8 Å². The molecule has 0 bridgehead atoms. The van der Waals surface area contributed by atoms with Crippen molar-refractivity contribution in [3.05, 3.63) is 125 Å². The Bertz CT molecular complexity index is 1550. The van der Waals surface area contributed by atoms with E-state index in [9.17, 15) is 19.5 Å². The second kappa shape index (κ2) is 15.5. The maximum atomic E-state index is 13.1. The fourth-order valence-electron chi connectivity index (χ4n) is 5.02. The van der Waals surface area contributed by atoms with Gasteiger partial charge in [-0.2, -0.15) is 0 Å². The topological polar surface area (TPSA) is 95.9 Å². The lowest BCUT2D eigenvalue weighted by Crippen LogP contribution is -2.34. The van der Waals surface area contributed by atoms with Gasteiger partial charge in [-0.05, 0) is 60.7 Å². The van der Waals surface area contributed by atoms with Gasteiger partial charge in [-0.3, -0.25) is 9.59 Å². The van der Waals surface area contributed by atoms with E-state index in [1.807, 2.05) is 80.3 Å². The number of nitrogens with zero attached hydrogens (tertiary/aromatic N) is 1. The molecule has 0 aromatic heterocycles. The monoisotopic (exact) mass is 592 g/mol. The predicted octanol–water partition coefficient (Wildman–Crippen LogP) is 7.18. The number of nitrogens with one attached hydrogen (secondary N) is 1. The molecule has 7 heteroatoms. The van der Waals surface area contributed by atoms with Crippen LogP contribution in [0.25, 0.3) is 0 Å². The average molecular weight is 593 g/mol. The Morgan fingerprint density at radius 2 is 1.50 bits per heavy atom. The second-order valence-electron chi connectivity index (χ2n) is 11.3. The number of aliphatic carboxylic acids is 1. The Kier molecular flexibility index (Phi) is 11.3. The molecule has 4 aromatic rings. The fraction of sp³-hybridized carbons (Fsp3) is 0.270. The molecule has 0 saturated heterocycles. The molecule has 0 radical (unpaired) electrons. The van der Waals surface area contributed by atoms with E-state index in [1.165, 1.54) is 0 Å². The van der Waals surface area contributed by atoms with Crippen molar-refractivity contribution in [2.75, 3.05) is 23.4 Å². The third-order valence-corrected chi connectivity index (χ3v) is 7.28. The minimum atomic E-state index is -1.02. The highest BCUT2D eigenvalue weighted by Gasteiger charge is 2.22. The first kappa shape index (κ1) is 32.0. The molecule has 4 rings (SSSR count). The molecule has 0 fully saturated rings. The van der Waals surface area contributed by atoms with Crippen LogP contribution in [0.1, 0.15) is 53.7 Å². The molecule has 0 aliphatic rings. The van der Waals surface area contributed by atoms with Crippen LogP contribution in [0.3, 0.4) is 0 Å². The summed E-state index contributed by atoms with van der Waals surface area (Å²) in [7, 11) is 0. The highest BCUT2D eigenvalue weighted by Crippen LogP contribution is 2.24. The molecule has 1 unspecified atom stereocenters. The van der Waals surface area contributed by atoms with Crippen LogP contribution in [0.5, 0.6) is 5.75 Å². The number of ketones is 1. The van der Waals surface area contributed by atoms with Crippen molar-refractivity contribution in [3.8, 4) is 5.75 Å². The highest BCUT2D eigenvalue weighted by molar-refractivity contribution is 6.12. The zero-order valence-electron chi connectivity index (χ0n) is 25.5. The van der Waals surface area contributed by atoms with Gasteiger partial charge in [-0.15, -0.1) is 0 Å². The van der Waals surface area contributed by atoms with Crippen molar-refractivity contribution in [3.63, 3.8) is 0 Å². The van der Waals surface area contributed by atoms with Gasteiger partial charge in [0.1, 0.15) is 11.8 Å². The number of rotatable bonds is 15. The Balaban J connectivity index is 1.35. The van der Waals surface area contributed by atoms with Crippen LogP contribution >= 0.6 is 0 Å². The number of anilines is 2. The third-order valence-electron chi connectivity index (χ3n) is 7.28. The minimum absolute atomic E-state index is 0.104. The predicted molar refractivity (Wildman–Crippen MR) is 175 cm³/mol. The van der Waals surface area contributed by atoms with Gasteiger partial charge in [-0.25, -0.2) is 4.79 Å². The van der Waals surface area contributed by atoms with Crippen molar-refractivity contribution in [1.29, 1.82) is 0 Å². The molecule has 0 saturated carbocycles. The number of carboxylic acids is 1. The maximum Gasteiger partial charge on any atom is 0.326 e. The van der Waals surface area contributed by atoms with E-state index in [2.05, 4.69) is 5.32 Å². The SMILES string of the molecule is Cc1ccccc1N(CCCOc1ccc(CC(Nc2ccccc2C(=O)c2ccccc2)C(=O)O)cc1)C(=O)CC(C)C. The Morgan fingerprint density at radius 3 is 2.18 bits per heavy atom. The lowest BCUT2D eigenvalue weighted by molar-refractivity contribution is -0.137. The van der Waals surface area contributed by atoms with Gasteiger partial charge in [0.15, 0.2) is 5.78 Å². The molecule has 0 heterocycles. The van der Waals surface area contributed by atoms with Crippen molar-refractivity contribution in [1.82, 2.24) is 0 Å². The third kappa shape index (κ3) is 8.80. The first-order valence-electron chi connectivity index (χ1n) is 15.0. The van der Waals surface area contributed by atoms with Crippen molar-refractivity contribution in [2.24, 2.45) is 5.92 Å². The summed E-state index contributed by atoms with van der Waals surface area (Å²) in [6.07, 6.45) is 1.36. The van der Waals surface area contributed by atoms with Crippen LogP contribution in [0.2, 0.25) is 0 Å². The zero-order chi connectivity index (χ0) is 31.5. The summed E-state index contributed by atoms with van der Waals surface area (Å²) < 4.78 is 5.96. The number of hydrogen-bond acceptors (Lipinski definition) is 5. The van der Waals surface area contributed by atoms with Gasteiger partial charge >= 0.3 is 5.97 Å². The Labute approximate surface area is 259 Å². The van der Waals surface area contributed by atoms with E-state index in [0.29, 0.717) is 48.6 Å². The molecule has 7 nitrogen and oxygen atoms in total. The van der Waals surface area contributed by atoms with Crippen molar-refractivity contribution >= 4 is 29.0 Å². The number of carboxylic acid groups (broad SMARTS) is 1. The molecule has 4 aromatic carbocycles. The lowest BCUT2D eigenvalue weighted by Gasteiger charge is -2.25. The summed E-state index contributed by atoms with van der Waals surface area (Å²) in [5.74, 6) is -0.148. The standard InChI is InChI=1S/C37H40N2O5/c1-26(2)24-35(40)39(34-17-10-7-12-27(34)3)22-11-23-44-30-20-18-28(19-21-30)25-33(37(42)43)38-32-16-9-8-15-31(32)36(41)29-13-5-4-6-14-29/h4-10,12-21,26,33,38H,11,22-25H2,1-3H3,(H,42,43). The fourth-order valence-corrected chi connectivity index (χ4v) is 5.02. The molecule has 44 heavy (non-hydrogen) atoms. The van der Waals surface area contributed by atoms with Gasteiger partial charge in [0.05, 0.1) is 6.61 Å². The summed E-state index contributed by atoms with van der Waals surface area (Å²) in [5.41, 5.74) is 4.22. The summed E-state index contributed by atoms with van der Waals surface area (Å²) in [4.78, 5) is 40.1. The van der Waals surface area contributed by atoms with Crippen LogP contribution in [-0.2, 0) is 16.0 Å². The van der Waals surface area contributed by atoms with Gasteiger partial charge in [0.25, 0.3) is 0 Å². The first-order valence-corrected chi connectivity index (χ1v) is 15.0. The molecule has 0 aliphatic heterocycles. The molecular weight excluding hydrogens is 552 g/mol. The molecule has 1 amide bonds. The number of amides is 1. The van der Waals surface area contributed by atoms with Crippen LogP contribution in [0.4, 0.5) is 11.4 Å². The summed E-state index contributed by atoms with van der Waals surface area (Å²) >= 11 is 0. The summed E-state index contributed by atoms with van der Waals surface area (Å²) in [6, 6.07) is 30.2. The van der Waals surface area contributed by atoms with Crippen molar-refractivity contribution in [2.45, 2.75) is 46.1 Å². The van der Waals surface area contributed by atoms with E-state index in [4.69, 9.17) is 4.74 Å². The second-order valence-corrected chi connectivity index (χ2v) is 11.3. The number of aryl methyl sites for hydroxylation is 1. The zero-order valence-corrected chi connectivity index (χ0v) is 25.5. The molecular formula is C37H40N2O5. The Hall–Kier alpha value is -4.91. The molecule has 2 N–H and O–H groups in total. The number of benzene rings is 4. The van der Waals surface area contributed by atoms with Crippen LogP contribution in [0, 0.1) is 12.8 Å². The van der Waals surface area contributed by atoms with E-state index in [1.54, 1.807) is 48.5 Å². The number of para-hydroxylation sites is 2. The normalized spacial score (nSPS) is 11.5. The van der Waals surface area contributed by atoms with Crippen molar-refractivity contribution < 1.29 is 24.2 Å². The van der Waals surface area contributed by atoms with Crippen LogP contribution in [-0.4, -0.2) is 42.0 Å². The van der Waals surface area contributed by atoms with Crippen LogP contribution < -0.4 is 15.0 Å². The number of ether oxygens (including phenoxy) is 1. The van der Waals surface area contributed by atoms with Gasteiger partial charge in [0.2, 0.25) is 5.91 Å². The smallest absolute Gasteiger partial charge is 0.326 e. The minimum Gasteiger partial charge on any atom is -0.494 e. The quantitative estimate of drug-likeness (QED) is 0.112. The van der Waals surface area contributed by atoms with Gasteiger partial charge in [0, 0.05) is 41.9 Å². The summed E-state index contributed by atoms with van der Waals surface area (Å²) in [6.45, 7) is 7.08. The molecule has 0 spiro atoms. The van der Waals surface area contributed by atoms with Gasteiger partial charge in [-0.1, -0.05) is 86.6 Å². The highest BCUT2D eigenvalue weighted by atomic mass is 16.5. The van der Waals surface area contributed by atoms with E-state index >= 15 is 0 Å². The average Bonchev–Trinajstić information content (AvgIpc) is 3.02. The summed E-state index contributed by atoms with van der Waals surface area (Å²) in [5, 5.41) is 13.0. The van der Waals surface area contributed by atoms with Gasteiger partial charge < -0.3 is 20.1 Å². The maximum absolute atomic E-state index is 13.1. The molecule has 0 aliphatic carbocycles. The first-order chi connectivity index (χ1) is 21.2. The largest absolute Gasteiger partial charge is 0.494 e. The molecule has 228 valence electrons. The number of hydrogen-bond donors (Lipinski definition) is 2. The van der Waals surface area contributed by atoms with E-state index in [-0.39, 0.29) is 24.0 Å². The van der Waals surface area contributed by atoms with E-state index < -0.39 is 12.0 Å². The molecule has 1 atom stereocenters. The number of carbonyl (C=O) groups excluding carboxylic acids is 2. The van der Waals surface area contributed by atoms with Crippen LogP contribution in [0.15, 0.2) is 103 Å². The number of carbonyl (C=O) groups is 3.